The lowest BCUT2D eigenvalue weighted by molar-refractivity contribution is 0.735. The number of anilines is 2. The molecule has 1 heterocycles. The zero-order chi connectivity index (χ0) is 23.8. The zero-order valence-electron chi connectivity index (χ0n) is 20.9. The highest BCUT2D eigenvalue weighted by Crippen LogP contribution is 2.36. The van der Waals surface area contributed by atoms with E-state index in [-0.39, 0.29) is 0 Å². The molecular formula is C32H34N2. The minimum atomic E-state index is 0.508. The highest BCUT2D eigenvalue weighted by atomic mass is 15.1. The second-order valence-electron chi connectivity index (χ2n) is 9.76. The van der Waals surface area contributed by atoms with Crippen LogP contribution in [0.15, 0.2) is 91.0 Å². The molecule has 5 aromatic rings. The van der Waals surface area contributed by atoms with Crippen LogP contribution in [0.25, 0.3) is 27.5 Å². The molecule has 4 aromatic carbocycles. The molecule has 1 atom stereocenters. The van der Waals surface area contributed by atoms with Gasteiger partial charge in [-0.3, -0.25) is 0 Å². The fraction of sp³-hybridized carbons (Fsp3) is 0.250. The summed E-state index contributed by atoms with van der Waals surface area (Å²) < 4.78 is 2.42. The third-order valence-corrected chi connectivity index (χ3v) is 7.30. The van der Waals surface area contributed by atoms with Crippen molar-refractivity contribution in [1.82, 2.24) is 4.57 Å². The first-order chi connectivity index (χ1) is 16.5. The summed E-state index contributed by atoms with van der Waals surface area (Å²) in [7, 11) is 2.12. The Morgan fingerprint density at radius 3 is 1.82 bits per heavy atom. The molecule has 0 aliphatic heterocycles. The van der Waals surface area contributed by atoms with Crippen LogP contribution < -0.4 is 4.90 Å². The van der Waals surface area contributed by atoms with Crippen LogP contribution in [0.4, 0.5) is 11.4 Å². The number of nitrogens with zero attached hydrogens (tertiary/aromatic N) is 2. The Hall–Kier alpha value is -3.52. The Morgan fingerprint density at radius 2 is 1.24 bits per heavy atom. The van der Waals surface area contributed by atoms with Crippen molar-refractivity contribution in [2.75, 3.05) is 11.9 Å². The van der Waals surface area contributed by atoms with Crippen LogP contribution in [0.2, 0.25) is 0 Å². The molecule has 0 amide bonds. The number of hydrogen-bond donors (Lipinski definition) is 0. The number of benzene rings is 4. The van der Waals surface area contributed by atoms with Gasteiger partial charge in [0.05, 0.1) is 11.0 Å². The molecule has 0 spiro atoms. The van der Waals surface area contributed by atoms with Gasteiger partial charge in [0.25, 0.3) is 0 Å². The summed E-state index contributed by atoms with van der Waals surface area (Å²) in [4.78, 5) is 2.23. The van der Waals surface area contributed by atoms with Crippen molar-refractivity contribution in [2.24, 2.45) is 0 Å². The Balaban J connectivity index is 1.66. The maximum atomic E-state index is 2.42. The molecule has 0 fully saturated rings. The van der Waals surface area contributed by atoms with E-state index in [4.69, 9.17) is 0 Å². The van der Waals surface area contributed by atoms with Crippen molar-refractivity contribution in [3.05, 3.63) is 102 Å². The molecule has 0 aliphatic carbocycles. The van der Waals surface area contributed by atoms with Gasteiger partial charge in [0.15, 0.2) is 0 Å². The van der Waals surface area contributed by atoms with Gasteiger partial charge in [-0.2, -0.15) is 0 Å². The lowest BCUT2D eigenvalue weighted by atomic mass is 9.96. The lowest BCUT2D eigenvalue weighted by Gasteiger charge is -2.20. The van der Waals surface area contributed by atoms with Gasteiger partial charge in [0.1, 0.15) is 0 Å². The van der Waals surface area contributed by atoms with Crippen molar-refractivity contribution in [1.29, 1.82) is 0 Å². The first kappa shape index (κ1) is 22.3. The molecule has 2 heteroatoms. The molecule has 0 N–H and O–H groups in total. The molecule has 5 rings (SSSR count). The van der Waals surface area contributed by atoms with Crippen LogP contribution in [0.1, 0.15) is 57.1 Å². The Bertz CT molecular complexity index is 1430. The highest BCUT2D eigenvalue weighted by Gasteiger charge is 2.16. The fourth-order valence-electron chi connectivity index (χ4n) is 4.86. The van der Waals surface area contributed by atoms with E-state index in [0.717, 1.165) is 6.42 Å². The summed E-state index contributed by atoms with van der Waals surface area (Å²) in [5, 5.41) is 2.69. The van der Waals surface area contributed by atoms with E-state index >= 15 is 0 Å². The van der Waals surface area contributed by atoms with Crippen molar-refractivity contribution in [2.45, 2.75) is 46.0 Å². The van der Waals surface area contributed by atoms with Gasteiger partial charge in [0, 0.05) is 34.9 Å². The van der Waals surface area contributed by atoms with Gasteiger partial charge < -0.3 is 9.47 Å². The molecule has 2 nitrogen and oxygen atoms in total. The molecule has 0 bridgehead atoms. The highest BCUT2D eigenvalue weighted by molar-refractivity contribution is 6.09. The lowest BCUT2D eigenvalue weighted by Crippen LogP contribution is -2.09. The smallest absolute Gasteiger partial charge is 0.0541 e. The summed E-state index contributed by atoms with van der Waals surface area (Å²) in [5.41, 5.74) is 8.91. The average Bonchev–Trinajstić information content (AvgIpc) is 3.21. The van der Waals surface area contributed by atoms with Crippen LogP contribution >= 0.6 is 0 Å². The molecular weight excluding hydrogens is 412 g/mol. The normalized spacial score (nSPS) is 12.5. The Morgan fingerprint density at radius 1 is 0.676 bits per heavy atom. The number of aromatic nitrogens is 1. The summed E-state index contributed by atoms with van der Waals surface area (Å²) >= 11 is 0. The third-order valence-electron chi connectivity index (χ3n) is 7.30. The average molecular weight is 447 g/mol. The predicted octanol–water partition coefficient (Wildman–Crippen LogP) is 9.19. The van der Waals surface area contributed by atoms with E-state index in [1.54, 1.807) is 0 Å². The third kappa shape index (κ3) is 3.88. The molecule has 172 valence electrons. The summed E-state index contributed by atoms with van der Waals surface area (Å²) in [6, 6.07) is 33.5. The monoisotopic (exact) mass is 446 g/mol. The summed E-state index contributed by atoms with van der Waals surface area (Å²) in [6.45, 7) is 9.13. The van der Waals surface area contributed by atoms with Gasteiger partial charge in [-0.05, 0) is 90.0 Å². The molecule has 1 aromatic heterocycles. The largest absolute Gasteiger partial charge is 0.345 e. The van der Waals surface area contributed by atoms with Crippen LogP contribution in [-0.2, 0) is 0 Å². The first-order valence-electron chi connectivity index (χ1n) is 12.4. The molecule has 0 saturated heterocycles. The van der Waals surface area contributed by atoms with E-state index < -0.39 is 0 Å². The molecule has 0 aliphatic rings. The maximum Gasteiger partial charge on any atom is 0.0541 e. The Labute approximate surface area is 203 Å². The van der Waals surface area contributed by atoms with Crippen LogP contribution in [0, 0.1) is 0 Å². The van der Waals surface area contributed by atoms with Crippen LogP contribution in [0.3, 0.4) is 0 Å². The van der Waals surface area contributed by atoms with Gasteiger partial charge in [0.2, 0.25) is 0 Å². The molecule has 0 saturated carbocycles. The standard InChI is InChI=1S/C32H34N2/c1-6-23(4)25-13-19-32-30(21-25)29-20-24(22(2)3)12-18-31(29)34(32)28-16-14-27(15-17-28)33(5)26-10-8-7-9-11-26/h7-23H,6H2,1-5H3. The number of para-hydroxylation sites is 1. The number of hydrogen-bond acceptors (Lipinski definition) is 1. The van der Waals surface area contributed by atoms with Crippen LogP contribution in [0.5, 0.6) is 0 Å². The topological polar surface area (TPSA) is 8.17 Å². The molecule has 1 unspecified atom stereocenters. The minimum Gasteiger partial charge on any atom is -0.345 e. The second kappa shape index (κ2) is 9.02. The second-order valence-corrected chi connectivity index (χ2v) is 9.76. The fourth-order valence-corrected chi connectivity index (χ4v) is 4.86. The van der Waals surface area contributed by atoms with Crippen molar-refractivity contribution in [3.8, 4) is 5.69 Å². The number of fused-ring (bicyclic) bond motifs is 3. The molecule has 34 heavy (non-hydrogen) atoms. The van der Waals surface area contributed by atoms with Crippen molar-refractivity contribution >= 4 is 33.2 Å². The first-order valence-corrected chi connectivity index (χ1v) is 12.4. The SMILES string of the molecule is CCC(C)c1ccc2c(c1)c1cc(C(C)C)ccc1n2-c1ccc(N(C)c2ccccc2)cc1. The van der Waals surface area contributed by atoms with Gasteiger partial charge in [-0.15, -0.1) is 0 Å². The minimum absolute atomic E-state index is 0.508. The maximum absolute atomic E-state index is 2.42. The van der Waals surface area contributed by atoms with Gasteiger partial charge in [-0.1, -0.05) is 58.0 Å². The number of rotatable bonds is 6. The quantitative estimate of drug-likeness (QED) is 0.252. The van der Waals surface area contributed by atoms with E-state index in [0.29, 0.717) is 11.8 Å². The van der Waals surface area contributed by atoms with E-state index in [1.165, 1.54) is 50.0 Å². The van der Waals surface area contributed by atoms with E-state index in [2.05, 4.69) is 135 Å². The zero-order valence-corrected chi connectivity index (χ0v) is 20.9. The van der Waals surface area contributed by atoms with E-state index in [1.807, 2.05) is 0 Å². The van der Waals surface area contributed by atoms with Gasteiger partial charge >= 0.3 is 0 Å². The predicted molar refractivity (Wildman–Crippen MR) is 148 cm³/mol. The van der Waals surface area contributed by atoms with Gasteiger partial charge in [-0.25, -0.2) is 0 Å². The summed E-state index contributed by atoms with van der Waals surface area (Å²) in [6.07, 6.45) is 1.15. The van der Waals surface area contributed by atoms with Crippen LogP contribution in [-0.4, -0.2) is 11.6 Å². The molecule has 0 radical (unpaired) electrons. The van der Waals surface area contributed by atoms with Crippen molar-refractivity contribution in [3.63, 3.8) is 0 Å². The Kier molecular flexibility index (Phi) is 5.91. The summed E-state index contributed by atoms with van der Waals surface area (Å²) in [5.74, 6) is 1.07. The van der Waals surface area contributed by atoms with Crippen molar-refractivity contribution < 1.29 is 0 Å². The van der Waals surface area contributed by atoms with E-state index in [9.17, 15) is 0 Å².